The maximum atomic E-state index is 12.2. The van der Waals surface area contributed by atoms with E-state index in [2.05, 4.69) is 0 Å². The van der Waals surface area contributed by atoms with Gasteiger partial charge in [-0.05, 0) is 31.7 Å². The van der Waals surface area contributed by atoms with Crippen LogP contribution in [-0.4, -0.2) is 38.3 Å². The number of carbonyl (C=O) groups excluding carboxylic acids is 1. The summed E-state index contributed by atoms with van der Waals surface area (Å²) in [5.41, 5.74) is 0.231. The van der Waals surface area contributed by atoms with E-state index in [1.807, 2.05) is 0 Å². The van der Waals surface area contributed by atoms with E-state index in [0.717, 1.165) is 25.7 Å². The Balaban J connectivity index is 1.76. The Morgan fingerprint density at radius 2 is 2.19 bits per heavy atom. The summed E-state index contributed by atoms with van der Waals surface area (Å²) >= 11 is 0. The summed E-state index contributed by atoms with van der Waals surface area (Å²) < 4.78 is 35.1. The fraction of sp³-hybridized carbons (Fsp3) is 0.615. The number of esters is 1. The molecule has 8 heteroatoms. The highest BCUT2D eigenvalue weighted by Gasteiger charge is 2.31. The fourth-order valence-electron chi connectivity index (χ4n) is 2.42. The summed E-state index contributed by atoms with van der Waals surface area (Å²) in [5.74, 6) is -0.538. The maximum Gasteiger partial charge on any atom is 0.355 e. The first-order valence-corrected chi connectivity index (χ1v) is 9.21. The lowest BCUT2D eigenvalue weighted by Gasteiger charge is -2.11. The van der Waals surface area contributed by atoms with Crippen LogP contribution in [0.1, 0.15) is 42.2 Å². The van der Waals surface area contributed by atoms with Crippen LogP contribution >= 0.6 is 10.7 Å². The summed E-state index contributed by atoms with van der Waals surface area (Å²) in [4.78, 5) is 12.1. The first-order valence-electron chi connectivity index (χ1n) is 6.90. The second-order valence-electron chi connectivity index (χ2n) is 5.37. The van der Waals surface area contributed by atoms with Crippen LogP contribution in [0.5, 0.6) is 0 Å². The number of halogens is 1. The summed E-state index contributed by atoms with van der Waals surface area (Å²) in [6.07, 6.45) is 5.02. The molecule has 0 bridgehead atoms. The lowest BCUT2D eigenvalue weighted by atomic mass is 10.2. The van der Waals surface area contributed by atoms with Crippen molar-refractivity contribution in [1.82, 2.24) is 4.57 Å². The minimum absolute atomic E-state index is 0.0606. The highest BCUT2D eigenvalue weighted by molar-refractivity contribution is 8.13. The number of hydrogen-bond acceptors (Lipinski definition) is 5. The third-order valence-electron chi connectivity index (χ3n) is 3.68. The zero-order valence-electron chi connectivity index (χ0n) is 11.3. The van der Waals surface area contributed by atoms with Crippen LogP contribution in [0, 0.1) is 0 Å². The summed E-state index contributed by atoms with van der Waals surface area (Å²) in [6.45, 7) is 0.882. The molecule has 2 aliphatic rings. The molecule has 1 saturated carbocycles. The van der Waals surface area contributed by atoms with Crippen molar-refractivity contribution in [3.63, 3.8) is 0 Å². The first-order chi connectivity index (χ1) is 9.95. The van der Waals surface area contributed by atoms with Crippen molar-refractivity contribution in [3.8, 4) is 0 Å². The lowest BCUT2D eigenvalue weighted by molar-refractivity contribution is 0.0152. The zero-order valence-corrected chi connectivity index (χ0v) is 12.9. The third-order valence-corrected chi connectivity index (χ3v) is 5.00. The van der Waals surface area contributed by atoms with Gasteiger partial charge in [0.05, 0.1) is 6.10 Å². The average Bonchev–Trinajstić information content (AvgIpc) is 2.96. The standard InChI is InChI=1S/C13H16ClNO5S/c14-21(17,18)11-6-12(15(7-11)9-3-4-9)13(16)20-8-10-2-1-5-19-10/h6-7,9-10H,1-5,8H2. The summed E-state index contributed by atoms with van der Waals surface area (Å²) in [6, 6.07) is 1.43. The van der Waals surface area contributed by atoms with Gasteiger partial charge in [0, 0.05) is 29.5 Å². The van der Waals surface area contributed by atoms with Gasteiger partial charge >= 0.3 is 5.97 Å². The first kappa shape index (κ1) is 14.9. The SMILES string of the molecule is O=C(OCC1CCCO1)c1cc(S(=O)(=O)Cl)cn1C1CC1. The van der Waals surface area contributed by atoms with E-state index in [-0.39, 0.29) is 29.3 Å². The van der Waals surface area contributed by atoms with Crippen molar-refractivity contribution in [2.45, 2.75) is 42.7 Å². The van der Waals surface area contributed by atoms with E-state index in [0.29, 0.717) is 6.61 Å². The molecule has 1 aliphatic heterocycles. The van der Waals surface area contributed by atoms with Crippen molar-refractivity contribution in [1.29, 1.82) is 0 Å². The molecule has 1 atom stereocenters. The Hall–Kier alpha value is -1.05. The third kappa shape index (κ3) is 3.41. The van der Waals surface area contributed by atoms with Crippen LogP contribution in [0.4, 0.5) is 0 Å². The van der Waals surface area contributed by atoms with Crippen LogP contribution in [-0.2, 0) is 18.5 Å². The predicted octanol–water partition coefficient (Wildman–Crippen LogP) is 2.09. The Morgan fingerprint density at radius 1 is 1.43 bits per heavy atom. The maximum absolute atomic E-state index is 12.2. The molecule has 0 spiro atoms. The van der Waals surface area contributed by atoms with Gasteiger partial charge < -0.3 is 14.0 Å². The molecule has 1 aromatic heterocycles. The van der Waals surface area contributed by atoms with E-state index >= 15 is 0 Å². The number of hydrogen-bond donors (Lipinski definition) is 0. The number of rotatable bonds is 5. The largest absolute Gasteiger partial charge is 0.458 e. The van der Waals surface area contributed by atoms with E-state index in [9.17, 15) is 13.2 Å². The second kappa shape index (κ2) is 5.62. The van der Waals surface area contributed by atoms with Gasteiger partial charge in [-0.2, -0.15) is 0 Å². The van der Waals surface area contributed by atoms with Gasteiger partial charge in [0.2, 0.25) is 0 Å². The predicted molar refractivity (Wildman–Crippen MR) is 75.0 cm³/mol. The van der Waals surface area contributed by atoms with E-state index in [1.54, 1.807) is 4.57 Å². The Bertz CT molecular complexity index is 644. The minimum Gasteiger partial charge on any atom is -0.458 e. The molecular weight excluding hydrogens is 318 g/mol. The van der Waals surface area contributed by atoms with Gasteiger partial charge in [0.1, 0.15) is 17.2 Å². The van der Waals surface area contributed by atoms with Crippen molar-refractivity contribution < 1.29 is 22.7 Å². The Morgan fingerprint density at radius 3 is 2.76 bits per heavy atom. The molecule has 0 N–H and O–H groups in total. The molecule has 0 radical (unpaired) electrons. The van der Waals surface area contributed by atoms with E-state index in [1.165, 1.54) is 12.3 Å². The smallest absolute Gasteiger partial charge is 0.355 e. The molecule has 2 heterocycles. The molecule has 0 aromatic carbocycles. The Labute approximate surface area is 127 Å². The molecule has 1 aliphatic carbocycles. The van der Waals surface area contributed by atoms with Crippen LogP contribution in [0.3, 0.4) is 0 Å². The van der Waals surface area contributed by atoms with E-state index in [4.69, 9.17) is 20.2 Å². The lowest BCUT2D eigenvalue weighted by Crippen LogP contribution is -2.19. The fourth-order valence-corrected chi connectivity index (χ4v) is 3.17. The van der Waals surface area contributed by atoms with Gasteiger partial charge in [-0.25, -0.2) is 13.2 Å². The topological polar surface area (TPSA) is 74.6 Å². The quantitative estimate of drug-likeness (QED) is 0.609. The highest BCUT2D eigenvalue weighted by Crippen LogP contribution is 2.37. The molecule has 2 fully saturated rings. The molecule has 1 saturated heterocycles. The molecule has 0 amide bonds. The monoisotopic (exact) mass is 333 g/mol. The minimum atomic E-state index is -3.86. The van der Waals surface area contributed by atoms with Crippen molar-refractivity contribution in [3.05, 3.63) is 18.0 Å². The van der Waals surface area contributed by atoms with Crippen molar-refractivity contribution >= 4 is 25.7 Å². The zero-order chi connectivity index (χ0) is 15.0. The molecule has 3 rings (SSSR count). The van der Waals surface area contributed by atoms with Crippen LogP contribution in [0.15, 0.2) is 17.2 Å². The molecular formula is C13H16ClNO5S. The molecule has 6 nitrogen and oxygen atoms in total. The number of carbonyl (C=O) groups is 1. The molecule has 1 aromatic rings. The Kier molecular flexibility index (Phi) is 3.98. The summed E-state index contributed by atoms with van der Waals surface area (Å²) in [7, 11) is 1.49. The van der Waals surface area contributed by atoms with Crippen LogP contribution in [0.2, 0.25) is 0 Å². The van der Waals surface area contributed by atoms with Gasteiger partial charge in [0.15, 0.2) is 0 Å². The van der Waals surface area contributed by atoms with Crippen LogP contribution in [0.25, 0.3) is 0 Å². The van der Waals surface area contributed by atoms with Crippen molar-refractivity contribution in [2.75, 3.05) is 13.2 Å². The van der Waals surface area contributed by atoms with Gasteiger partial charge in [-0.15, -0.1) is 0 Å². The molecule has 1 unspecified atom stereocenters. The number of ether oxygens (including phenoxy) is 2. The number of aromatic nitrogens is 1. The van der Waals surface area contributed by atoms with Crippen molar-refractivity contribution in [2.24, 2.45) is 0 Å². The highest BCUT2D eigenvalue weighted by atomic mass is 35.7. The second-order valence-corrected chi connectivity index (χ2v) is 7.94. The number of nitrogens with zero attached hydrogens (tertiary/aromatic N) is 1. The molecule has 21 heavy (non-hydrogen) atoms. The van der Waals surface area contributed by atoms with Gasteiger partial charge in [-0.3, -0.25) is 0 Å². The van der Waals surface area contributed by atoms with Gasteiger partial charge in [-0.1, -0.05) is 0 Å². The van der Waals surface area contributed by atoms with E-state index < -0.39 is 15.0 Å². The molecule has 116 valence electrons. The van der Waals surface area contributed by atoms with Gasteiger partial charge in [0.25, 0.3) is 9.05 Å². The van der Waals surface area contributed by atoms with Crippen LogP contribution < -0.4 is 0 Å². The summed E-state index contributed by atoms with van der Waals surface area (Å²) in [5, 5.41) is 0. The normalized spacial score (nSPS) is 22.4. The average molecular weight is 334 g/mol.